The molecule has 0 spiro atoms. The van der Waals surface area contributed by atoms with E-state index in [0.717, 1.165) is 17.8 Å². The van der Waals surface area contributed by atoms with Crippen LogP contribution < -0.4 is 10.6 Å². The predicted molar refractivity (Wildman–Crippen MR) is 88.5 cm³/mol. The molecule has 1 fully saturated rings. The molecule has 2 N–H and O–H groups in total. The molecular weight excluding hydrogens is 318 g/mol. The number of aromatic nitrogens is 1. The number of carbonyl (C=O) groups is 1. The van der Waals surface area contributed by atoms with Crippen molar-refractivity contribution in [3.63, 3.8) is 0 Å². The number of hydrogen-bond donors (Lipinski definition) is 2. The number of benzene rings is 1. The number of hydrogen-bond acceptors (Lipinski definition) is 4. The number of urea groups is 1. The van der Waals surface area contributed by atoms with Gasteiger partial charge in [-0.25, -0.2) is 9.78 Å². The first kappa shape index (κ1) is 15.2. The number of amides is 2. The summed E-state index contributed by atoms with van der Waals surface area (Å²) in [6, 6.07) is 6.79. The van der Waals surface area contributed by atoms with E-state index >= 15 is 0 Å². The number of anilines is 1. The standard InChI is InChI=1S/C15H17N3O2S2/c1-22(20)12-4-2-3-11(9-12)17-15(19)18-13(10-5-6-10)14-16-7-8-21-14/h2-4,7-10,13H,5-6H2,1H3,(H2,17,18,19)/t13-,22-/m0/s1. The van der Waals surface area contributed by atoms with E-state index in [9.17, 15) is 9.00 Å². The third kappa shape index (κ3) is 3.72. The molecule has 22 heavy (non-hydrogen) atoms. The maximum Gasteiger partial charge on any atom is 0.319 e. The van der Waals surface area contributed by atoms with Gasteiger partial charge in [0.2, 0.25) is 0 Å². The van der Waals surface area contributed by atoms with E-state index in [0.29, 0.717) is 16.5 Å². The molecular formula is C15H17N3O2S2. The fourth-order valence-electron chi connectivity index (χ4n) is 2.26. The first-order valence-corrected chi connectivity index (χ1v) is 9.47. The van der Waals surface area contributed by atoms with Crippen LogP contribution in [0.25, 0.3) is 0 Å². The van der Waals surface area contributed by atoms with Gasteiger partial charge in [0, 0.05) is 39.2 Å². The zero-order chi connectivity index (χ0) is 15.5. The minimum atomic E-state index is -1.07. The molecule has 0 aliphatic heterocycles. The van der Waals surface area contributed by atoms with Crippen LogP contribution >= 0.6 is 11.3 Å². The maximum absolute atomic E-state index is 12.2. The fraction of sp³-hybridized carbons (Fsp3) is 0.333. The third-order valence-corrected chi connectivity index (χ3v) is 5.30. The Kier molecular flexibility index (Phi) is 4.54. The lowest BCUT2D eigenvalue weighted by molar-refractivity contribution is 0.247. The van der Waals surface area contributed by atoms with Crippen molar-refractivity contribution in [3.8, 4) is 0 Å². The average molecular weight is 335 g/mol. The van der Waals surface area contributed by atoms with E-state index in [1.54, 1.807) is 48.1 Å². The van der Waals surface area contributed by atoms with Crippen LogP contribution in [0.15, 0.2) is 40.7 Å². The summed E-state index contributed by atoms with van der Waals surface area (Å²) >= 11 is 1.56. The molecule has 5 nitrogen and oxygen atoms in total. The largest absolute Gasteiger partial charge is 0.328 e. The molecule has 1 saturated carbocycles. The van der Waals surface area contributed by atoms with Crippen molar-refractivity contribution in [3.05, 3.63) is 40.8 Å². The average Bonchev–Trinajstić information content (AvgIpc) is 3.19. The molecule has 0 radical (unpaired) electrons. The van der Waals surface area contributed by atoms with Gasteiger partial charge in [0.15, 0.2) is 0 Å². The quantitative estimate of drug-likeness (QED) is 0.882. The normalized spacial score (nSPS) is 16.8. The second-order valence-electron chi connectivity index (χ2n) is 5.27. The van der Waals surface area contributed by atoms with E-state index in [2.05, 4.69) is 15.6 Å². The SMILES string of the molecule is C[S@](=O)c1cccc(NC(=O)N[C@H](c2nccs2)C2CC2)c1. The van der Waals surface area contributed by atoms with Gasteiger partial charge in [-0.1, -0.05) is 6.07 Å². The summed E-state index contributed by atoms with van der Waals surface area (Å²) in [6.07, 6.45) is 5.61. The van der Waals surface area contributed by atoms with Crippen molar-refractivity contribution < 1.29 is 9.00 Å². The van der Waals surface area contributed by atoms with E-state index < -0.39 is 10.8 Å². The molecule has 0 unspecified atom stereocenters. The van der Waals surface area contributed by atoms with Crippen molar-refractivity contribution in [2.24, 2.45) is 5.92 Å². The van der Waals surface area contributed by atoms with Crippen LogP contribution in [0.1, 0.15) is 23.9 Å². The lowest BCUT2D eigenvalue weighted by Gasteiger charge is -2.16. The van der Waals surface area contributed by atoms with Gasteiger partial charge < -0.3 is 10.6 Å². The van der Waals surface area contributed by atoms with Crippen LogP contribution in [0.5, 0.6) is 0 Å². The highest BCUT2D eigenvalue weighted by atomic mass is 32.2. The summed E-state index contributed by atoms with van der Waals surface area (Å²) in [5, 5.41) is 8.67. The summed E-state index contributed by atoms with van der Waals surface area (Å²) in [5.41, 5.74) is 0.638. The first-order chi connectivity index (χ1) is 10.6. The smallest absolute Gasteiger partial charge is 0.319 e. The Labute approximate surface area is 135 Å². The zero-order valence-electron chi connectivity index (χ0n) is 12.1. The highest BCUT2D eigenvalue weighted by Crippen LogP contribution is 2.41. The molecule has 1 heterocycles. The van der Waals surface area contributed by atoms with Gasteiger partial charge in [0.1, 0.15) is 5.01 Å². The van der Waals surface area contributed by atoms with Crippen LogP contribution in [0.4, 0.5) is 10.5 Å². The minimum Gasteiger partial charge on any atom is -0.328 e. The van der Waals surface area contributed by atoms with Gasteiger partial charge >= 0.3 is 6.03 Å². The van der Waals surface area contributed by atoms with E-state index in [-0.39, 0.29) is 12.1 Å². The predicted octanol–water partition coefficient (Wildman–Crippen LogP) is 3.15. The van der Waals surface area contributed by atoms with Crippen molar-refractivity contribution in [2.45, 2.75) is 23.8 Å². The molecule has 7 heteroatoms. The molecule has 1 aromatic carbocycles. The van der Waals surface area contributed by atoms with Gasteiger partial charge in [0.05, 0.1) is 6.04 Å². The van der Waals surface area contributed by atoms with Gasteiger partial charge in [0.25, 0.3) is 0 Å². The number of nitrogens with one attached hydrogen (secondary N) is 2. The van der Waals surface area contributed by atoms with Crippen LogP contribution in [-0.4, -0.2) is 21.5 Å². The summed E-state index contributed by atoms with van der Waals surface area (Å²) in [4.78, 5) is 17.2. The molecule has 1 aromatic heterocycles. The highest BCUT2D eigenvalue weighted by Gasteiger charge is 2.35. The zero-order valence-corrected chi connectivity index (χ0v) is 13.7. The Hall–Kier alpha value is -1.73. The number of thiazole rings is 1. The topological polar surface area (TPSA) is 71.1 Å². The van der Waals surface area contributed by atoms with Crippen LogP contribution in [0.2, 0.25) is 0 Å². The Balaban J connectivity index is 1.66. The molecule has 2 amide bonds. The molecule has 3 rings (SSSR count). The lowest BCUT2D eigenvalue weighted by atomic mass is 10.2. The van der Waals surface area contributed by atoms with Crippen LogP contribution in [0.3, 0.4) is 0 Å². The van der Waals surface area contributed by atoms with Gasteiger partial charge in [-0.05, 0) is 37.0 Å². The molecule has 1 aliphatic carbocycles. The summed E-state index contributed by atoms with van der Waals surface area (Å²) < 4.78 is 11.5. The van der Waals surface area contributed by atoms with Gasteiger partial charge in [-0.2, -0.15) is 0 Å². The van der Waals surface area contributed by atoms with E-state index in [1.807, 2.05) is 5.38 Å². The second kappa shape index (κ2) is 6.58. The molecule has 1 aliphatic rings. The summed E-state index contributed by atoms with van der Waals surface area (Å²) in [7, 11) is -1.07. The van der Waals surface area contributed by atoms with Crippen LogP contribution in [-0.2, 0) is 10.8 Å². The van der Waals surface area contributed by atoms with Crippen molar-refractivity contribution in [1.82, 2.24) is 10.3 Å². The Bertz CT molecular complexity index is 684. The van der Waals surface area contributed by atoms with E-state index in [4.69, 9.17) is 0 Å². The van der Waals surface area contributed by atoms with Crippen molar-refractivity contribution >= 4 is 33.9 Å². The first-order valence-electron chi connectivity index (χ1n) is 7.04. The molecule has 116 valence electrons. The summed E-state index contributed by atoms with van der Waals surface area (Å²) in [5.74, 6) is 0.478. The number of carbonyl (C=O) groups excluding carboxylic acids is 1. The maximum atomic E-state index is 12.2. The minimum absolute atomic E-state index is 0.0245. The molecule has 0 bridgehead atoms. The van der Waals surface area contributed by atoms with Gasteiger partial charge in [-0.15, -0.1) is 11.3 Å². The van der Waals surface area contributed by atoms with Crippen LogP contribution in [0, 0.1) is 5.92 Å². The third-order valence-electron chi connectivity index (χ3n) is 3.52. The Morgan fingerprint density at radius 3 is 2.91 bits per heavy atom. The molecule has 0 saturated heterocycles. The second-order valence-corrected chi connectivity index (χ2v) is 7.57. The van der Waals surface area contributed by atoms with Gasteiger partial charge in [-0.3, -0.25) is 4.21 Å². The monoisotopic (exact) mass is 335 g/mol. The molecule has 2 aromatic rings. The number of rotatable bonds is 5. The molecule has 2 atom stereocenters. The van der Waals surface area contributed by atoms with Crippen molar-refractivity contribution in [2.75, 3.05) is 11.6 Å². The Morgan fingerprint density at radius 1 is 1.45 bits per heavy atom. The lowest BCUT2D eigenvalue weighted by Crippen LogP contribution is -2.33. The fourth-order valence-corrected chi connectivity index (χ4v) is 3.60. The van der Waals surface area contributed by atoms with E-state index in [1.165, 1.54) is 0 Å². The Morgan fingerprint density at radius 2 is 2.27 bits per heavy atom. The summed E-state index contributed by atoms with van der Waals surface area (Å²) in [6.45, 7) is 0. The highest BCUT2D eigenvalue weighted by molar-refractivity contribution is 7.84. The number of nitrogens with zero attached hydrogens (tertiary/aromatic N) is 1. The van der Waals surface area contributed by atoms with Crippen molar-refractivity contribution in [1.29, 1.82) is 0 Å².